The van der Waals surface area contributed by atoms with Gasteiger partial charge in [-0.05, 0) is 53.5 Å². The van der Waals surface area contributed by atoms with Crippen LogP contribution in [0.5, 0.6) is 11.5 Å². The van der Waals surface area contributed by atoms with Crippen molar-refractivity contribution in [2.75, 3.05) is 6.61 Å². The van der Waals surface area contributed by atoms with E-state index in [9.17, 15) is 4.79 Å². The molecule has 0 saturated carbocycles. The lowest BCUT2D eigenvalue weighted by Crippen LogP contribution is -2.20. The molecule has 4 aromatic carbocycles. The summed E-state index contributed by atoms with van der Waals surface area (Å²) in [5.41, 5.74) is 3.90. The van der Waals surface area contributed by atoms with E-state index in [0.717, 1.165) is 11.1 Å². The van der Waals surface area contributed by atoms with Gasteiger partial charge in [0.05, 0.1) is 23.7 Å². The Labute approximate surface area is 239 Å². The summed E-state index contributed by atoms with van der Waals surface area (Å²) in [5, 5.41) is 5.39. The molecule has 5 aromatic rings. The standard InChI is InChI=1S/C31H25BrClN3O3/c1-3-38-26-17-23(27(32)28(33)29(26)39-19-21-15-13-20(2)14-16-21)18-34-36-30(22-9-5-4-6-10-22)35-25-12-8-7-11-24(25)31(36)37/h4-18H,3,19H2,1-2H3. The zero-order chi connectivity index (χ0) is 27.4. The highest BCUT2D eigenvalue weighted by Gasteiger charge is 2.18. The molecule has 0 N–H and O–H groups in total. The van der Waals surface area contributed by atoms with E-state index >= 15 is 0 Å². The van der Waals surface area contributed by atoms with Gasteiger partial charge in [-0.15, -0.1) is 0 Å². The van der Waals surface area contributed by atoms with Crippen LogP contribution in [0, 0.1) is 6.92 Å². The molecule has 0 radical (unpaired) electrons. The number of nitrogens with zero attached hydrogens (tertiary/aromatic N) is 3. The number of halogens is 2. The average Bonchev–Trinajstić information content (AvgIpc) is 2.96. The molecule has 0 fully saturated rings. The topological polar surface area (TPSA) is 65.7 Å². The van der Waals surface area contributed by atoms with E-state index < -0.39 is 0 Å². The Balaban J connectivity index is 1.56. The third kappa shape index (κ3) is 5.75. The summed E-state index contributed by atoms with van der Waals surface area (Å²) in [7, 11) is 0. The Hall–Kier alpha value is -3.94. The number of fused-ring (bicyclic) bond motifs is 1. The Morgan fingerprint density at radius 2 is 1.72 bits per heavy atom. The second-order valence-electron chi connectivity index (χ2n) is 8.81. The van der Waals surface area contributed by atoms with Crippen LogP contribution in [-0.4, -0.2) is 22.5 Å². The Bertz CT molecular complexity index is 1720. The van der Waals surface area contributed by atoms with E-state index in [-0.39, 0.29) is 5.56 Å². The third-order valence-electron chi connectivity index (χ3n) is 6.06. The first-order valence-electron chi connectivity index (χ1n) is 12.4. The molecule has 0 bridgehead atoms. The molecule has 0 aliphatic rings. The highest BCUT2D eigenvalue weighted by molar-refractivity contribution is 9.10. The molecular weight excluding hydrogens is 578 g/mol. The molecule has 0 amide bonds. The van der Waals surface area contributed by atoms with E-state index in [1.807, 2.05) is 86.6 Å². The van der Waals surface area contributed by atoms with E-state index in [1.165, 1.54) is 10.2 Å². The molecule has 0 aliphatic carbocycles. The lowest BCUT2D eigenvalue weighted by atomic mass is 10.1. The van der Waals surface area contributed by atoms with Gasteiger partial charge in [-0.1, -0.05) is 83.9 Å². The van der Waals surface area contributed by atoms with Crippen LogP contribution in [-0.2, 0) is 6.61 Å². The predicted molar refractivity (Wildman–Crippen MR) is 160 cm³/mol. The lowest BCUT2D eigenvalue weighted by molar-refractivity contribution is 0.269. The number of rotatable bonds is 8. The number of hydrogen-bond acceptors (Lipinski definition) is 5. The SMILES string of the molecule is CCOc1cc(C=Nn2c(-c3ccccc3)nc3ccccc3c2=O)c(Br)c(Cl)c1OCc1ccc(C)cc1. The molecule has 5 rings (SSSR count). The largest absolute Gasteiger partial charge is 0.490 e. The first-order chi connectivity index (χ1) is 19.0. The summed E-state index contributed by atoms with van der Waals surface area (Å²) >= 11 is 10.3. The predicted octanol–water partition coefficient (Wildman–Crippen LogP) is 7.65. The van der Waals surface area contributed by atoms with Gasteiger partial charge < -0.3 is 9.47 Å². The molecule has 8 heteroatoms. The van der Waals surface area contributed by atoms with Crippen LogP contribution < -0.4 is 15.0 Å². The quantitative estimate of drug-likeness (QED) is 0.171. The lowest BCUT2D eigenvalue weighted by Gasteiger charge is -2.16. The van der Waals surface area contributed by atoms with Gasteiger partial charge in [0.15, 0.2) is 17.3 Å². The van der Waals surface area contributed by atoms with Crippen LogP contribution in [0.15, 0.2) is 99.3 Å². The number of para-hydroxylation sites is 1. The molecule has 196 valence electrons. The van der Waals surface area contributed by atoms with Crippen molar-refractivity contribution in [2.24, 2.45) is 5.10 Å². The highest BCUT2D eigenvalue weighted by atomic mass is 79.9. The smallest absolute Gasteiger partial charge is 0.282 e. The highest BCUT2D eigenvalue weighted by Crippen LogP contribution is 2.42. The maximum Gasteiger partial charge on any atom is 0.282 e. The summed E-state index contributed by atoms with van der Waals surface area (Å²) in [6.45, 7) is 4.68. The number of aromatic nitrogens is 2. The molecule has 0 unspecified atom stereocenters. The fraction of sp³-hybridized carbons (Fsp3) is 0.129. The number of aryl methyl sites for hydroxylation is 1. The molecule has 0 spiro atoms. The summed E-state index contributed by atoms with van der Waals surface area (Å²) in [6.07, 6.45) is 1.56. The maximum atomic E-state index is 13.5. The van der Waals surface area contributed by atoms with Gasteiger partial charge in [0.2, 0.25) is 0 Å². The summed E-state index contributed by atoms with van der Waals surface area (Å²) in [6, 6.07) is 26.6. The van der Waals surface area contributed by atoms with Crippen molar-refractivity contribution in [3.63, 3.8) is 0 Å². The number of hydrogen-bond donors (Lipinski definition) is 0. The van der Waals surface area contributed by atoms with Crippen LogP contribution in [0.3, 0.4) is 0 Å². The van der Waals surface area contributed by atoms with Crippen LogP contribution >= 0.6 is 27.5 Å². The zero-order valence-corrected chi connectivity index (χ0v) is 23.7. The fourth-order valence-corrected chi connectivity index (χ4v) is 4.71. The molecule has 39 heavy (non-hydrogen) atoms. The van der Waals surface area contributed by atoms with E-state index in [1.54, 1.807) is 18.3 Å². The minimum absolute atomic E-state index is 0.277. The first-order valence-corrected chi connectivity index (χ1v) is 13.6. The molecule has 1 heterocycles. The van der Waals surface area contributed by atoms with Crippen molar-refractivity contribution in [2.45, 2.75) is 20.5 Å². The van der Waals surface area contributed by atoms with Crippen LogP contribution in [0.2, 0.25) is 5.02 Å². The molecule has 1 aromatic heterocycles. The maximum absolute atomic E-state index is 13.5. The normalized spacial score (nSPS) is 11.3. The fourth-order valence-electron chi connectivity index (χ4n) is 4.06. The summed E-state index contributed by atoms with van der Waals surface area (Å²) in [4.78, 5) is 18.2. The molecule has 0 atom stereocenters. The molecule has 6 nitrogen and oxygen atoms in total. The minimum atomic E-state index is -0.277. The van der Waals surface area contributed by atoms with Gasteiger partial charge in [0.25, 0.3) is 5.56 Å². The summed E-state index contributed by atoms with van der Waals surface area (Å²) in [5.74, 6) is 1.34. The van der Waals surface area contributed by atoms with Gasteiger partial charge in [-0.25, -0.2) is 4.98 Å². The Kier molecular flexibility index (Phi) is 8.10. The van der Waals surface area contributed by atoms with Gasteiger partial charge in [-0.3, -0.25) is 4.79 Å². The van der Waals surface area contributed by atoms with Crippen molar-refractivity contribution >= 4 is 44.6 Å². The molecular formula is C31H25BrClN3O3. The second kappa shape index (κ2) is 11.8. The number of ether oxygens (including phenoxy) is 2. The second-order valence-corrected chi connectivity index (χ2v) is 9.98. The minimum Gasteiger partial charge on any atom is -0.490 e. The van der Waals surface area contributed by atoms with E-state index in [2.05, 4.69) is 21.0 Å². The van der Waals surface area contributed by atoms with Crippen LogP contribution in [0.4, 0.5) is 0 Å². The Morgan fingerprint density at radius 3 is 2.46 bits per heavy atom. The third-order valence-corrected chi connectivity index (χ3v) is 7.50. The van der Waals surface area contributed by atoms with Gasteiger partial charge >= 0.3 is 0 Å². The Morgan fingerprint density at radius 1 is 1.00 bits per heavy atom. The van der Waals surface area contributed by atoms with Crippen molar-refractivity contribution in [1.29, 1.82) is 0 Å². The van der Waals surface area contributed by atoms with Crippen molar-refractivity contribution in [3.8, 4) is 22.9 Å². The van der Waals surface area contributed by atoms with Crippen LogP contribution in [0.1, 0.15) is 23.6 Å². The monoisotopic (exact) mass is 601 g/mol. The van der Waals surface area contributed by atoms with E-state index in [0.29, 0.717) is 56.5 Å². The van der Waals surface area contributed by atoms with Gasteiger partial charge in [0, 0.05) is 15.6 Å². The molecule has 0 aliphatic heterocycles. The zero-order valence-electron chi connectivity index (χ0n) is 21.4. The van der Waals surface area contributed by atoms with Crippen molar-refractivity contribution in [1.82, 2.24) is 9.66 Å². The first kappa shape index (κ1) is 26.7. The molecule has 0 saturated heterocycles. The summed E-state index contributed by atoms with van der Waals surface area (Å²) < 4.78 is 13.8. The van der Waals surface area contributed by atoms with Crippen LogP contribution in [0.25, 0.3) is 22.3 Å². The average molecular weight is 603 g/mol. The van der Waals surface area contributed by atoms with Gasteiger partial charge in [-0.2, -0.15) is 9.78 Å². The van der Waals surface area contributed by atoms with Crippen molar-refractivity contribution in [3.05, 3.63) is 121 Å². The number of benzene rings is 4. The van der Waals surface area contributed by atoms with Gasteiger partial charge in [0.1, 0.15) is 11.6 Å². The van der Waals surface area contributed by atoms with E-state index in [4.69, 9.17) is 26.1 Å². The van der Waals surface area contributed by atoms with Crippen molar-refractivity contribution < 1.29 is 9.47 Å².